The predicted octanol–water partition coefficient (Wildman–Crippen LogP) is 1.72. The van der Waals surface area contributed by atoms with Crippen molar-refractivity contribution in [2.45, 2.75) is 13.8 Å². The predicted molar refractivity (Wildman–Crippen MR) is 79.7 cm³/mol. The van der Waals surface area contributed by atoms with Gasteiger partial charge in [-0.05, 0) is 31.4 Å². The van der Waals surface area contributed by atoms with E-state index in [-0.39, 0.29) is 12.5 Å². The summed E-state index contributed by atoms with van der Waals surface area (Å²) in [5, 5.41) is 4.51. The quantitative estimate of drug-likeness (QED) is 0.824. The minimum Gasteiger partial charge on any atom is -0.320 e. The van der Waals surface area contributed by atoms with E-state index in [2.05, 4.69) is 27.1 Å². The summed E-state index contributed by atoms with van der Waals surface area (Å²) >= 11 is 1.32. The Balaban J connectivity index is 2.22. The molecule has 0 aromatic carbocycles. The Kier molecular flexibility index (Phi) is 4.45. The van der Waals surface area contributed by atoms with Crippen LogP contribution in [0.3, 0.4) is 0 Å². The first-order valence-electron chi connectivity index (χ1n) is 6.00. The number of aromatic nitrogens is 2. The van der Waals surface area contributed by atoms with Gasteiger partial charge in [0, 0.05) is 17.0 Å². The van der Waals surface area contributed by atoms with Crippen molar-refractivity contribution in [3.63, 3.8) is 0 Å². The number of hydrogen-bond donors (Lipinski definition) is 2. The number of aryl methyl sites for hydroxylation is 2. The Bertz CT molecular complexity index is 676. The molecule has 0 atom stereocenters. The summed E-state index contributed by atoms with van der Waals surface area (Å²) in [6, 6.07) is 3.64. The summed E-state index contributed by atoms with van der Waals surface area (Å²) in [5.74, 6) is 5.66. The summed E-state index contributed by atoms with van der Waals surface area (Å²) in [6.07, 6.45) is 0. The van der Waals surface area contributed by atoms with Crippen LogP contribution in [0.15, 0.2) is 17.5 Å². The lowest BCUT2D eigenvalue weighted by Crippen LogP contribution is -2.14. The molecule has 0 unspecified atom stereocenters. The number of anilines is 1. The molecular formula is C14H14N4OS. The average molecular weight is 286 g/mol. The maximum Gasteiger partial charge on any atom is 0.269 e. The molecule has 0 bridgehead atoms. The highest BCUT2D eigenvalue weighted by Gasteiger charge is 2.13. The Morgan fingerprint density at radius 3 is 2.75 bits per heavy atom. The number of nitrogens with zero attached hydrogens (tertiary/aromatic N) is 2. The van der Waals surface area contributed by atoms with Crippen molar-refractivity contribution in [3.05, 3.63) is 39.3 Å². The van der Waals surface area contributed by atoms with E-state index in [9.17, 15) is 4.79 Å². The standard InChI is InChI=1S/C14H14N4OS/c1-9-8-10(2)17-14(16-9)18-13(19)12-11(4-3-6-15)5-7-20-12/h5,7-8H,6,15H2,1-2H3,(H,16,17,18,19). The van der Waals surface area contributed by atoms with Gasteiger partial charge in [0.05, 0.1) is 6.54 Å². The molecule has 20 heavy (non-hydrogen) atoms. The number of carbonyl (C=O) groups is 1. The minimum absolute atomic E-state index is 0.258. The van der Waals surface area contributed by atoms with Crippen LogP contribution in [-0.2, 0) is 0 Å². The fourth-order valence-electron chi connectivity index (χ4n) is 1.67. The smallest absolute Gasteiger partial charge is 0.269 e. The van der Waals surface area contributed by atoms with Gasteiger partial charge in [0.15, 0.2) is 0 Å². The van der Waals surface area contributed by atoms with E-state index in [0.29, 0.717) is 16.4 Å². The molecule has 2 aromatic heterocycles. The van der Waals surface area contributed by atoms with Gasteiger partial charge >= 0.3 is 0 Å². The molecular weight excluding hydrogens is 272 g/mol. The van der Waals surface area contributed by atoms with Crippen LogP contribution in [0.5, 0.6) is 0 Å². The Morgan fingerprint density at radius 1 is 1.40 bits per heavy atom. The number of rotatable bonds is 2. The molecule has 0 aliphatic rings. The molecule has 0 aliphatic carbocycles. The van der Waals surface area contributed by atoms with E-state index in [1.165, 1.54) is 11.3 Å². The number of amides is 1. The average Bonchev–Trinajstić information content (AvgIpc) is 2.83. The molecule has 6 heteroatoms. The van der Waals surface area contributed by atoms with Gasteiger partial charge in [-0.2, -0.15) is 0 Å². The van der Waals surface area contributed by atoms with Crippen molar-refractivity contribution in [1.29, 1.82) is 0 Å². The molecule has 1 amide bonds. The van der Waals surface area contributed by atoms with Gasteiger partial charge in [-0.1, -0.05) is 11.8 Å². The van der Waals surface area contributed by atoms with Crippen LogP contribution >= 0.6 is 11.3 Å². The van der Waals surface area contributed by atoms with Crippen LogP contribution in [0.25, 0.3) is 0 Å². The fourth-order valence-corrected chi connectivity index (χ4v) is 2.41. The Labute approximate surface area is 121 Å². The molecule has 3 N–H and O–H groups in total. The molecule has 102 valence electrons. The van der Waals surface area contributed by atoms with Gasteiger partial charge < -0.3 is 5.73 Å². The van der Waals surface area contributed by atoms with Gasteiger partial charge in [-0.25, -0.2) is 9.97 Å². The van der Waals surface area contributed by atoms with E-state index in [1.54, 1.807) is 6.07 Å². The lowest BCUT2D eigenvalue weighted by molar-refractivity contribution is 0.102. The summed E-state index contributed by atoms with van der Waals surface area (Å²) in [4.78, 5) is 21.1. The van der Waals surface area contributed by atoms with Crippen LogP contribution < -0.4 is 11.1 Å². The van der Waals surface area contributed by atoms with Crippen LogP contribution in [-0.4, -0.2) is 22.4 Å². The molecule has 0 saturated heterocycles. The van der Waals surface area contributed by atoms with Gasteiger partial charge in [0.1, 0.15) is 4.88 Å². The summed E-state index contributed by atoms with van der Waals surface area (Å²) in [6.45, 7) is 3.97. The van der Waals surface area contributed by atoms with Gasteiger partial charge in [0.2, 0.25) is 5.95 Å². The van der Waals surface area contributed by atoms with Crippen molar-refractivity contribution in [1.82, 2.24) is 9.97 Å². The van der Waals surface area contributed by atoms with Gasteiger partial charge in [0.25, 0.3) is 5.91 Å². The molecule has 0 radical (unpaired) electrons. The van der Waals surface area contributed by atoms with Crippen molar-refractivity contribution in [3.8, 4) is 11.8 Å². The second-order valence-electron chi connectivity index (χ2n) is 4.10. The largest absolute Gasteiger partial charge is 0.320 e. The van der Waals surface area contributed by atoms with Crippen molar-refractivity contribution >= 4 is 23.2 Å². The first-order chi connectivity index (χ1) is 9.60. The van der Waals surface area contributed by atoms with Crippen LogP contribution in [0.4, 0.5) is 5.95 Å². The van der Waals surface area contributed by atoms with Crippen LogP contribution in [0.2, 0.25) is 0 Å². The molecule has 0 fully saturated rings. The zero-order valence-electron chi connectivity index (χ0n) is 11.2. The van der Waals surface area contributed by atoms with E-state index in [0.717, 1.165) is 11.4 Å². The molecule has 0 spiro atoms. The first kappa shape index (κ1) is 14.2. The third-order valence-electron chi connectivity index (χ3n) is 2.40. The third kappa shape index (κ3) is 3.41. The topological polar surface area (TPSA) is 80.9 Å². The first-order valence-corrected chi connectivity index (χ1v) is 6.88. The number of hydrogen-bond acceptors (Lipinski definition) is 5. The van der Waals surface area contributed by atoms with E-state index in [1.807, 2.05) is 25.3 Å². The van der Waals surface area contributed by atoms with Crippen LogP contribution in [0, 0.1) is 25.7 Å². The SMILES string of the molecule is Cc1cc(C)nc(NC(=O)c2sccc2C#CCN)n1. The molecule has 2 heterocycles. The monoisotopic (exact) mass is 286 g/mol. The molecule has 2 rings (SSSR count). The van der Waals surface area contributed by atoms with E-state index >= 15 is 0 Å². The molecule has 2 aromatic rings. The Morgan fingerprint density at radius 2 is 2.10 bits per heavy atom. The highest BCUT2D eigenvalue weighted by atomic mass is 32.1. The maximum absolute atomic E-state index is 12.2. The molecule has 5 nitrogen and oxygen atoms in total. The highest BCUT2D eigenvalue weighted by molar-refractivity contribution is 7.12. The van der Waals surface area contributed by atoms with Gasteiger partial charge in [-0.15, -0.1) is 11.3 Å². The summed E-state index contributed by atoms with van der Waals surface area (Å²) < 4.78 is 0. The highest BCUT2D eigenvalue weighted by Crippen LogP contribution is 2.17. The maximum atomic E-state index is 12.2. The second kappa shape index (κ2) is 6.28. The molecule has 0 saturated carbocycles. The minimum atomic E-state index is -0.258. The third-order valence-corrected chi connectivity index (χ3v) is 3.32. The summed E-state index contributed by atoms with van der Waals surface area (Å²) in [5.41, 5.74) is 7.62. The zero-order valence-corrected chi connectivity index (χ0v) is 12.0. The Hall–Kier alpha value is -2.23. The van der Waals surface area contributed by atoms with Crippen molar-refractivity contribution < 1.29 is 4.79 Å². The van der Waals surface area contributed by atoms with Crippen molar-refractivity contribution in [2.75, 3.05) is 11.9 Å². The van der Waals surface area contributed by atoms with Gasteiger partial charge in [-0.3, -0.25) is 10.1 Å². The lowest BCUT2D eigenvalue weighted by atomic mass is 10.2. The number of nitrogens with two attached hydrogens (primary N) is 1. The lowest BCUT2D eigenvalue weighted by Gasteiger charge is -2.04. The number of thiophene rings is 1. The van der Waals surface area contributed by atoms with E-state index < -0.39 is 0 Å². The fraction of sp³-hybridized carbons (Fsp3) is 0.214. The second-order valence-corrected chi connectivity index (χ2v) is 5.01. The van der Waals surface area contributed by atoms with Crippen LogP contribution in [0.1, 0.15) is 26.6 Å². The number of carbonyl (C=O) groups excluding carboxylic acids is 1. The van der Waals surface area contributed by atoms with E-state index in [4.69, 9.17) is 5.73 Å². The zero-order chi connectivity index (χ0) is 14.5. The van der Waals surface area contributed by atoms with Crippen molar-refractivity contribution in [2.24, 2.45) is 5.73 Å². The normalized spacial score (nSPS) is 9.75. The number of nitrogens with one attached hydrogen (secondary N) is 1. The summed E-state index contributed by atoms with van der Waals surface area (Å²) in [7, 11) is 0. The molecule has 0 aliphatic heterocycles.